The molecule has 2 aromatic rings. The number of rotatable bonds is 5. The van der Waals surface area contributed by atoms with Crippen LogP contribution in [0.4, 0.5) is 0 Å². The summed E-state index contributed by atoms with van der Waals surface area (Å²) in [6.07, 6.45) is 2.37. The van der Waals surface area contributed by atoms with E-state index in [9.17, 15) is 4.79 Å². The van der Waals surface area contributed by atoms with Crippen molar-refractivity contribution in [2.45, 2.75) is 32.1 Å². The molecule has 24 heavy (non-hydrogen) atoms. The zero-order valence-electron chi connectivity index (χ0n) is 13.7. The maximum absolute atomic E-state index is 12.4. The third kappa shape index (κ3) is 3.59. The first kappa shape index (κ1) is 16.5. The first-order valence-electron chi connectivity index (χ1n) is 7.89. The van der Waals surface area contributed by atoms with E-state index in [4.69, 9.17) is 4.42 Å². The van der Waals surface area contributed by atoms with Crippen molar-refractivity contribution in [2.24, 2.45) is 10.2 Å². The van der Waals surface area contributed by atoms with E-state index in [1.54, 1.807) is 11.2 Å². The van der Waals surface area contributed by atoms with Gasteiger partial charge in [-0.3, -0.25) is 9.69 Å². The number of amidine groups is 1. The topological polar surface area (TPSA) is 58.2 Å². The minimum atomic E-state index is -0.157. The summed E-state index contributed by atoms with van der Waals surface area (Å²) in [5.74, 6) is 0.761. The Hall–Kier alpha value is -2.34. The molecule has 1 aliphatic heterocycles. The second-order valence-electron chi connectivity index (χ2n) is 5.41. The van der Waals surface area contributed by atoms with Gasteiger partial charge in [0.1, 0.15) is 5.76 Å². The van der Waals surface area contributed by atoms with Crippen LogP contribution in [0.5, 0.6) is 0 Å². The Labute approximate surface area is 145 Å². The van der Waals surface area contributed by atoms with Gasteiger partial charge in [-0.1, -0.05) is 49.0 Å². The first-order valence-corrected chi connectivity index (χ1v) is 8.77. The lowest BCUT2D eigenvalue weighted by molar-refractivity contribution is -0.126. The Bertz CT molecular complexity index is 754. The number of hydrogen-bond acceptors (Lipinski definition) is 5. The average Bonchev–Trinajstić information content (AvgIpc) is 3.21. The molecule has 1 aliphatic rings. The zero-order valence-corrected chi connectivity index (χ0v) is 14.5. The van der Waals surface area contributed by atoms with Crippen LogP contribution >= 0.6 is 11.8 Å². The molecule has 5 nitrogen and oxygen atoms in total. The van der Waals surface area contributed by atoms with Gasteiger partial charge in [-0.05, 0) is 31.0 Å². The van der Waals surface area contributed by atoms with E-state index in [1.807, 2.05) is 56.3 Å². The molecule has 0 N–H and O–H groups in total. The van der Waals surface area contributed by atoms with E-state index in [0.29, 0.717) is 11.7 Å². The Balaban J connectivity index is 1.86. The molecular weight excluding hydrogens is 322 g/mol. The number of nitrogens with zero attached hydrogens (tertiary/aromatic N) is 3. The molecule has 1 aromatic heterocycles. The molecule has 3 rings (SSSR count). The van der Waals surface area contributed by atoms with Crippen LogP contribution in [0.2, 0.25) is 0 Å². The highest BCUT2D eigenvalue weighted by Gasteiger charge is 2.35. The van der Waals surface area contributed by atoms with Gasteiger partial charge in [-0.25, -0.2) is 0 Å². The summed E-state index contributed by atoms with van der Waals surface area (Å²) in [6, 6.07) is 13.6. The maximum atomic E-state index is 12.4. The highest BCUT2D eigenvalue weighted by Crippen LogP contribution is 2.28. The van der Waals surface area contributed by atoms with Gasteiger partial charge in [0, 0.05) is 0 Å². The summed E-state index contributed by atoms with van der Waals surface area (Å²) >= 11 is 1.43. The summed E-state index contributed by atoms with van der Waals surface area (Å²) in [5, 5.41) is 9.23. The van der Waals surface area contributed by atoms with Gasteiger partial charge in [0.2, 0.25) is 5.91 Å². The molecule has 0 radical (unpaired) electrons. The van der Waals surface area contributed by atoms with Crippen LogP contribution in [0.25, 0.3) is 0 Å². The lowest BCUT2D eigenvalue weighted by Crippen LogP contribution is -2.30. The van der Waals surface area contributed by atoms with Crippen LogP contribution < -0.4 is 0 Å². The molecule has 6 heteroatoms. The fourth-order valence-corrected chi connectivity index (χ4v) is 3.35. The molecular formula is C18H19N3O2S. The van der Waals surface area contributed by atoms with Crippen molar-refractivity contribution in [1.29, 1.82) is 0 Å². The summed E-state index contributed by atoms with van der Waals surface area (Å²) in [4.78, 5) is 14.0. The fourth-order valence-electron chi connectivity index (χ4n) is 2.43. The van der Waals surface area contributed by atoms with E-state index in [2.05, 4.69) is 10.2 Å². The minimum absolute atomic E-state index is 0.0307. The quantitative estimate of drug-likeness (QED) is 0.612. The van der Waals surface area contributed by atoms with Crippen molar-refractivity contribution in [1.82, 2.24) is 4.90 Å². The van der Waals surface area contributed by atoms with Gasteiger partial charge < -0.3 is 4.42 Å². The van der Waals surface area contributed by atoms with Gasteiger partial charge in [0.25, 0.3) is 0 Å². The number of amides is 1. The van der Waals surface area contributed by atoms with Gasteiger partial charge in [-0.15, -0.1) is 5.10 Å². The van der Waals surface area contributed by atoms with Gasteiger partial charge in [0.05, 0.1) is 23.8 Å². The van der Waals surface area contributed by atoms with Crippen molar-refractivity contribution in [3.8, 4) is 0 Å². The summed E-state index contributed by atoms with van der Waals surface area (Å²) in [7, 11) is 0. The van der Waals surface area contributed by atoms with E-state index in [0.717, 1.165) is 23.5 Å². The molecule has 124 valence electrons. The Morgan fingerprint density at radius 1 is 1.25 bits per heavy atom. The number of benzene rings is 1. The average molecular weight is 341 g/mol. The second-order valence-corrected chi connectivity index (χ2v) is 6.72. The molecule has 1 saturated heterocycles. The third-order valence-corrected chi connectivity index (χ3v) is 4.79. The van der Waals surface area contributed by atoms with Gasteiger partial charge in [-0.2, -0.15) is 5.10 Å². The Morgan fingerprint density at radius 3 is 2.71 bits per heavy atom. The van der Waals surface area contributed by atoms with E-state index in [1.165, 1.54) is 11.8 Å². The van der Waals surface area contributed by atoms with E-state index in [-0.39, 0.29) is 11.2 Å². The number of carbonyl (C=O) groups is 1. The Morgan fingerprint density at radius 2 is 2.04 bits per heavy atom. The lowest BCUT2D eigenvalue weighted by Gasteiger charge is -2.13. The van der Waals surface area contributed by atoms with Crippen molar-refractivity contribution < 1.29 is 9.21 Å². The molecule has 1 fully saturated rings. The van der Waals surface area contributed by atoms with Crippen LogP contribution in [0.3, 0.4) is 0 Å². The lowest BCUT2D eigenvalue weighted by atomic mass is 10.1. The largest absolute Gasteiger partial charge is 0.467 e. The van der Waals surface area contributed by atoms with Crippen molar-refractivity contribution >= 4 is 28.5 Å². The number of carbonyl (C=O) groups excluding carboxylic acids is 1. The zero-order chi connectivity index (χ0) is 16.9. The fraction of sp³-hybridized carbons (Fsp3) is 0.278. The predicted octanol–water partition coefficient (Wildman–Crippen LogP) is 3.91. The van der Waals surface area contributed by atoms with Crippen LogP contribution in [-0.2, 0) is 11.3 Å². The van der Waals surface area contributed by atoms with E-state index < -0.39 is 0 Å². The molecule has 1 aromatic carbocycles. The third-order valence-electron chi connectivity index (χ3n) is 3.72. The second kappa shape index (κ2) is 7.49. The molecule has 2 heterocycles. The maximum Gasteiger partial charge on any atom is 0.242 e. The summed E-state index contributed by atoms with van der Waals surface area (Å²) < 4.78 is 5.35. The van der Waals surface area contributed by atoms with Gasteiger partial charge in [0.15, 0.2) is 5.17 Å². The van der Waals surface area contributed by atoms with Crippen molar-refractivity contribution in [2.75, 3.05) is 0 Å². The molecule has 1 amide bonds. The van der Waals surface area contributed by atoms with Crippen LogP contribution in [-0.4, -0.2) is 26.9 Å². The number of furan rings is 1. The Kier molecular flexibility index (Phi) is 5.15. The normalized spacial score (nSPS) is 20.2. The number of hydrogen-bond donors (Lipinski definition) is 0. The van der Waals surface area contributed by atoms with Gasteiger partial charge >= 0.3 is 0 Å². The molecule has 0 bridgehead atoms. The minimum Gasteiger partial charge on any atom is -0.467 e. The standard InChI is InChI=1S/C18H19N3O2S/c1-3-16(14-8-5-4-6-9-14)19-20-18-21(17(22)13(2)24-18)12-15-10-7-11-23-15/h4-11,13H,3,12H2,1-2H3/b19-16-,20-18+/t13-/m1/s1. The van der Waals surface area contributed by atoms with Crippen LogP contribution in [0.15, 0.2) is 63.3 Å². The van der Waals surface area contributed by atoms with Crippen molar-refractivity contribution in [3.63, 3.8) is 0 Å². The highest BCUT2D eigenvalue weighted by molar-refractivity contribution is 8.15. The predicted molar refractivity (Wildman–Crippen MR) is 97.0 cm³/mol. The van der Waals surface area contributed by atoms with Crippen LogP contribution in [0, 0.1) is 0 Å². The SMILES string of the molecule is CC/C(=N/N=C1/S[C@H](C)C(=O)N1Cc1ccco1)c1ccccc1. The number of thioether (sulfide) groups is 1. The monoisotopic (exact) mass is 341 g/mol. The molecule has 0 saturated carbocycles. The summed E-state index contributed by atoms with van der Waals surface area (Å²) in [5.41, 5.74) is 1.94. The van der Waals surface area contributed by atoms with Crippen LogP contribution in [0.1, 0.15) is 31.6 Å². The molecule has 0 unspecified atom stereocenters. The highest BCUT2D eigenvalue weighted by atomic mass is 32.2. The first-order chi connectivity index (χ1) is 11.7. The molecule has 1 atom stereocenters. The summed E-state index contributed by atoms with van der Waals surface area (Å²) in [6.45, 7) is 4.30. The molecule has 0 spiro atoms. The smallest absolute Gasteiger partial charge is 0.242 e. The molecule has 0 aliphatic carbocycles. The van der Waals surface area contributed by atoms with E-state index >= 15 is 0 Å². The van der Waals surface area contributed by atoms with Crippen molar-refractivity contribution in [3.05, 3.63) is 60.1 Å².